The van der Waals surface area contributed by atoms with E-state index in [4.69, 9.17) is 4.74 Å². The number of halogens is 1. The van der Waals surface area contributed by atoms with Crippen LogP contribution in [0.15, 0.2) is 60.8 Å². The SMILES string of the molecule is CC(C)N(C(=O)COC(=O)c1cn(-c2ccccc2)nc1-c1ccc(F)cc1)C(C)C. The van der Waals surface area contributed by atoms with Gasteiger partial charge < -0.3 is 9.64 Å². The molecule has 0 radical (unpaired) electrons. The first kappa shape index (κ1) is 22.2. The van der Waals surface area contributed by atoms with Gasteiger partial charge in [0.15, 0.2) is 6.61 Å². The second-order valence-corrected chi connectivity index (χ2v) is 7.74. The zero-order chi connectivity index (χ0) is 22.5. The lowest BCUT2D eigenvalue weighted by molar-refractivity contribution is -0.138. The van der Waals surface area contributed by atoms with Crippen molar-refractivity contribution in [1.29, 1.82) is 0 Å². The Bertz CT molecular complexity index is 1040. The Balaban J connectivity index is 1.89. The third-order valence-corrected chi connectivity index (χ3v) is 4.80. The molecule has 0 spiro atoms. The molecule has 0 bridgehead atoms. The van der Waals surface area contributed by atoms with Gasteiger partial charge in [0.05, 0.1) is 5.69 Å². The van der Waals surface area contributed by atoms with Crippen LogP contribution in [0.3, 0.4) is 0 Å². The van der Waals surface area contributed by atoms with Crippen molar-refractivity contribution < 1.29 is 18.7 Å². The Kier molecular flexibility index (Phi) is 6.84. The van der Waals surface area contributed by atoms with Gasteiger partial charge in [-0.3, -0.25) is 4.79 Å². The summed E-state index contributed by atoms with van der Waals surface area (Å²) < 4.78 is 20.3. The first-order valence-corrected chi connectivity index (χ1v) is 10.2. The molecule has 0 N–H and O–H groups in total. The number of ether oxygens (including phenoxy) is 1. The number of carbonyl (C=O) groups excluding carboxylic acids is 2. The molecule has 6 nitrogen and oxygen atoms in total. The molecule has 1 amide bonds. The molecular formula is C24H26FN3O3. The molecule has 0 saturated heterocycles. The van der Waals surface area contributed by atoms with Crippen molar-refractivity contribution >= 4 is 11.9 Å². The average molecular weight is 423 g/mol. The van der Waals surface area contributed by atoms with Crippen LogP contribution in [-0.4, -0.2) is 45.2 Å². The van der Waals surface area contributed by atoms with Gasteiger partial charge in [-0.2, -0.15) is 5.10 Å². The van der Waals surface area contributed by atoms with Gasteiger partial charge in [-0.25, -0.2) is 13.9 Å². The quantitative estimate of drug-likeness (QED) is 0.526. The lowest BCUT2D eigenvalue weighted by Gasteiger charge is -2.30. The monoisotopic (exact) mass is 423 g/mol. The van der Waals surface area contributed by atoms with Gasteiger partial charge in [-0.15, -0.1) is 0 Å². The standard InChI is InChI=1S/C24H26FN3O3/c1-16(2)28(17(3)4)22(29)15-31-24(30)21-14-27(20-8-6-5-7-9-20)26-23(21)18-10-12-19(25)13-11-18/h5-14,16-17H,15H2,1-4H3. The van der Waals surface area contributed by atoms with E-state index in [0.29, 0.717) is 11.3 Å². The van der Waals surface area contributed by atoms with Crippen LogP contribution in [0.4, 0.5) is 4.39 Å². The van der Waals surface area contributed by atoms with E-state index in [9.17, 15) is 14.0 Å². The van der Waals surface area contributed by atoms with Crippen molar-refractivity contribution in [3.63, 3.8) is 0 Å². The molecule has 3 aromatic rings. The van der Waals surface area contributed by atoms with Crippen LogP contribution in [-0.2, 0) is 9.53 Å². The maximum absolute atomic E-state index is 13.4. The fraction of sp³-hybridized carbons (Fsp3) is 0.292. The minimum Gasteiger partial charge on any atom is -0.452 e. The number of benzene rings is 2. The summed E-state index contributed by atoms with van der Waals surface area (Å²) in [5.74, 6) is -1.32. The molecule has 0 saturated carbocycles. The van der Waals surface area contributed by atoms with Gasteiger partial charge in [0.2, 0.25) is 0 Å². The van der Waals surface area contributed by atoms with Crippen LogP contribution in [0.1, 0.15) is 38.1 Å². The molecule has 162 valence electrons. The summed E-state index contributed by atoms with van der Waals surface area (Å²) in [5.41, 5.74) is 1.88. The summed E-state index contributed by atoms with van der Waals surface area (Å²) in [7, 11) is 0. The van der Waals surface area contributed by atoms with E-state index in [1.54, 1.807) is 27.9 Å². The van der Waals surface area contributed by atoms with Crippen molar-refractivity contribution in [1.82, 2.24) is 14.7 Å². The topological polar surface area (TPSA) is 64.4 Å². The summed E-state index contributed by atoms with van der Waals surface area (Å²) in [4.78, 5) is 27.1. The third kappa shape index (κ3) is 5.17. The smallest absolute Gasteiger partial charge is 0.342 e. The van der Waals surface area contributed by atoms with E-state index in [-0.39, 0.29) is 36.0 Å². The fourth-order valence-corrected chi connectivity index (χ4v) is 3.51. The molecule has 0 aliphatic rings. The number of aromatic nitrogens is 2. The molecule has 1 aromatic heterocycles. The normalized spacial score (nSPS) is 11.1. The zero-order valence-corrected chi connectivity index (χ0v) is 18.1. The number of hydrogen-bond donors (Lipinski definition) is 0. The van der Waals surface area contributed by atoms with Gasteiger partial charge in [0.25, 0.3) is 5.91 Å². The summed E-state index contributed by atoms with van der Waals surface area (Å²) in [6, 6.07) is 15.0. The molecular weight excluding hydrogens is 397 g/mol. The number of carbonyl (C=O) groups is 2. The highest BCUT2D eigenvalue weighted by molar-refractivity contribution is 5.97. The number of para-hydroxylation sites is 1. The Labute approximate surface area is 181 Å². The molecule has 0 fully saturated rings. The van der Waals surface area contributed by atoms with E-state index in [2.05, 4.69) is 5.10 Å². The summed E-state index contributed by atoms with van der Waals surface area (Å²) >= 11 is 0. The van der Waals surface area contributed by atoms with Gasteiger partial charge in [0.1, 0.15) is 17.1 Å². The van der Waals surface area contributed by atoms with E-state index in [1.165, 1.54) is 12.1 Å². The lowest BCUT2D eigenvalue weighted by atomic mass is 10.1. The Morgan fingerprint density at radius 3 is 2.19 bits per heavy atom. The molecule has 2 aromatic carbocycles. The van der Waals surface area contributed by atoms with Crippen LogP contribution in [0.25, 0.3) is 16.9 Å². The zero-order valence-electron chi connectivity index (χ0n) is 18.1. The van der Waals surface area contributed by atoms with Crippen molar-refractivity contribution in [2.45, 2.75) is 39.8 Å². The minimum atomic E-state index is -0.665. The summed E-state index contributed by atoms with van der Waals surface area (Å²) in [6.07, 6.45) is 1.56. The maximum atomic E-state index is 13.4. The van der Waals surface area contributed by atoms with Crippen LogP contribution in [0, 0.1) is 5.82 Å². The minimum absolute atomic E-state index is 0.0122. The number of esters is 1. The van der Waals surface area contributed by atoms with Gasteiger partial charge in [-0.1, -0.05) is 18.2 Å². The summed E-state index contributed by atoms with van der Waals surface area (Å²) in [5, 5.41) is 4.52. The Hall–Kier alpha value is -3.48. The van der Waals surface area contributed by atoms with Crippen LogP contribution in [0.2, 0.25) is 0 Å². The van der Waals surface area contributed by atoms with Gasteiger partial charge in [0, 0.05) is 23.8 Å². The molecule has 0 unspecified atom stereocenters. The van der Waals surface area contributed by atoms with E-state index in [1.807, 2.05) is 58.0 Å². The Morgan fingerprint density at radius 1 is 1.00 bits per heavy atom. The highest BCUT2D eigenvalue weighted by Gasteiger charge is 2.24. The lowest BCUT2D eigenvalue weighted by Crippen LogP contribution is -2.44. The number of hydrogen-bond acceptors (Lipinski definition) is 4. The van der Waals surface area contributed by atoms with Crippen molar-refractivity contribution in [3.05, 3.63) is 72.2 Å². The predicted octanol–water partition coefficient (Wildman–Crippen LogP) is 4.48. The second kappa shape index (κ2) is 9.55. The number of nitrogens with zero attached hydrogens (tertiary/aromatic N) is 3. The maximum Gasteiger partial charge on any atom is 0.342 e. The predicted molar refractivity (Wildman–Crippen MR) is 116 cm³/mol. The van der Waals surface area contributed by atoms with Gasteiger partial charge >= 0.3 is 5.97 Å². The highest BCUT2D eigenvalue weighted by atomic mass is 19.1. The molecule has 31 heavy (non-hydrogen) atoms. The number of rotatable bonds is 7. The van der Waals surface area contributed by atoms with E-state index >= 15 is 0 Å². The molecule has 7 heteroatoms. The fourth-order valence-electron chi connectivity index (χ4n) is 3.51. The number of amides is 1. The van der Waals surface area contributed by atoms with Crippen LogP contribution < -0.4 is 0 Å². The van der Waals surface area contributed by atoms with Gasteiger partial charge in [-0.05, 0) is 64.1 Å². The van der Waals surface area contributed by atoms with E-state index < -0.39 is 5.97 Å². The molecule has 0 aliphatic carbocycles. The molecule has 3 rings (SSSR count). The molecule has 1 heterocycles. The second-order valence-electron chi connectivity index (χ2n) is 7.74. The van der Waals surface area contributed by atoms with E-state index in [0.717, 1.165) is 5.69 Å². The van der Waals surface area contributed by atoms with Crippen molar-refractivity contribution in [2.24, 2.45) is 0 Å². The molecule has 0 atom stereocenters. The van der Waals surface area contributed by atoms with Crippen molar-refractivity contribution in [2.75, 3.05) is 6.61 Å². The summed E-state index contributed by atoms with van der Waals surface area (Å²) in [6.45, 7) is 7.29. The Morgan fingerprint density at radius 2 is 1.61 bits per heavy atom. The first-order valence-electron chi connectivity index (χ1n) is 10.2. The third-order valence-electron chi connectivity index (χ3n) is 4.80. The molecule has 0 aliphatic heterocycles. The van der Waals surface area contributed by atoms with Crippen molar-refractivity contribution in [3.8, 4) is 16.9 Å². The first-order chi connectivity index (χ1) is 14.8. The van der Waals surface area contributed by atoms with Crippen LogP contribution in [0.5, 0.6) is 0 Å². The highest BCUT2D eigenvalue weighted by Crippen LogP contribution is 2.25. The van der Waals surface area contributed by atoms with Crippen LogP contribution >= 0.6 is 0 Å². The largest absolute Gasteiger partial charge is 0.452 e. The average Bonchev–Trinajstić information content (AvgIpc) is 3.18.